The van der Waals surface area contributed by atoms with Crippen LogP contribution < -0.4 is 20.8 Å². The van der Waals surface area contributed by atoms with E-state index in [0.717, 1.165) is 0 Å². The molecule has 2 aromatic carbocycles. The van der Waals surface area contributed by atoms with E-state index in [-0.39, 0.29) is 23.0 Å². The quantitative estimate of drug-likeness (QED) is 0.221. The Morgan fingerprint density at radius 2 is 1.80 bits per heavy atom. The maximum atomic E-state index is 12.2. The number of nitrogens with one attached hydrogen (secondary N) is 1. The molecule has 0 bridgehead atoms. The highest BCUT2D eigenvalue weighted by atomic mass is 19.3. The van der Waals surface area contributed by atoms with Crippen molar-refractivity contribution >= 4 is 17.9 Å². The molecule has 0 fully saturated rings. The number of allylic oxidation sites excluding steroid dienone is 1. The molecule has 0 saturated carbocycles. The average molecular weight is 489 g/mol. The first-order chi connectivity index (χ1) is 16.7. The first-order valence-electron chi connectivity index (χ1n) is 10.0. The zero-order chi connectivity index (χ0) is 26.2. The number of nitrogens with zero attached hydrogens (tertiary/aromatic N) is 1. The number of carbonyl (C=O) groups is 2. The Balaban J connectivity index is 0.000000327. The maximum Gasteiger partial charge on any atom is 0.387 e. The molecule has 9 nitrogen and oxygen atoms in total. The number of aromatic nitrogens is 2. The van der Waals surface area contributed by atoms with Crippen LogP contribution in [0.3, 0.4) is 0 Å². The predicted molar refractivity (Wildman–Crippen MR) is 127 cm³/mol. The van der Waals surface area contributed by atoms with Crippen LogP contribution in [0, 0.1) is 0 Å². The van der Waals surface area contributed by atoms with Gasteiger partial charge in [0, 0.05) is 17.3 Å². The minimum absolute atomic E-state index is 0.0642. The van der Waals surface area contributed by atoms with E-state index < -0.39 is 6.61 Å². The Labute approximate surface area is 200 Å². The first-order valence-corrected chi connectivity index (χ1v) is 10.0. The molecule has 0 amide bonds. The van der Waals surface area contributed by atoms with Crippen LogP contribution in [0.4, 0.5) is 14.5 Å². The Kier molecular flexibility index (Phi) is 12.5. The number of aromatic amines is 1. The topological polar surface area (TPSA) is 134 Å². The molecule has 0 aliphatic heterocycles. The lowest BCUT2D eigenvalue weighted by atomic mass is 10.1. The zero-order valence-electron chi connectivity index (χ0n) is 19.1. The van der Waals surface area contributed by atoms with Crippen LogP contribution in [0.15, 0.2) is 72.0 Å². The summed E-state index contributed by atoms with van der Waals surface area (Å²) in [6.07, 6.45) is 1.83. The molecule has 0 aliphatic carbocycles. The van der Waals surface area contributed by atoms with Gasteiger partial charge >= 0.3 is 12.6 Å². The molecule has 0 radical (unpaired) electrons. The fourth-order valence-corrected chi connectivity index (χ4v) is 2.36. The number of rotatable bonds is 7. The summed E-state index contributed by atoms with van der Waals surface area (Å²) in [6.45, 7) is 2.35. The highest BCUT2D eigenvalue weighted by Crippen LogP contribution is 2.32. The Morgan fingerprint density at radius 3 is 2.29 bits per heavy atom. The Morgan fingerprint density at radius 1 is 1.14 bits per heavy atom. The Bertz CT molecular complexity index is 1120. The summed E-state index contributed by atoms with van der Waals surface area (Å²) in [5, 5.41) is 6.12. The molecule has 11 heteroatoms. The molecule has 186 valence electrons. The van der Waals surface area contributed by atoms with Crippen LogP contribution in [0.2, 0.25) is 0 Å². The smallest absolute Gasteiger partial charge is 0.387 e. The molecule has 35 heavy (non-hydrogen) atoms. The first kappa shape index (κ1) is 28.5. The molecule has 0 aliphatic rings. The van der Waals surface area contributed by atoms with E-state index in [4.69, 9.17) is 20.0 Å². The zero-order valence-corrected chi connectivity index (χ0v) is 19.1. The highest BCUT2D eigenvalue weighted by Gasteiger charge is 2.12. The third-order valence-electron chi connectivity index (χ3n) is 3.87. The number of carbonyl (C=O) groups excluding carboxylic acids is 2. The lowest BCUT2D eigenvalue weighted by Crippen LogP contribution is -2.06. The number of esters is 1. The van der Waals surface area contributed by atoms with Crippen molar-refractivity contribution < 1.29 is 32.6 Å². The van der Waals surface area contributed by atoms with Crippen molar-refractivity contribution in [3.05, 3.63) is 83.2 Å². The van der Waals surface area contributed by atoms with E-state index in [1.807, 2.05) is 0 Å². The average Bonchev–Trinajstić information content (AvgIpc) is 2.85. The van der Waals surface area contributed by atoms with Crippen LogP contribution in [0.1, 0.15) is 17.3 Å². The molecule has 0 atom stereocenters. The van der Waals surface area contributed by atoms with Crippen molar-refractivity contribution in [2.45, 2.75) is 13.5 Å². The summed E-state index contributed by atoms with van der Waals surface area (Å²) >= 11 is 0. The second-order valence-electron chi connectivity index (χ2n) is 6.26. The predicted octanol–water partition coefficient (Wildman–Crippen LogP) is 3.86. The van der Waals surface area contributed by atoms with Gasteiger partial charge in [-0.15, -0.1) is 0 Å². The fourth-order valence-electron chi connectivity index (χ4n) is 2.36. The van der Waals surface area contributed by atoms with E-state index in [2.05, 4.69) is 21.5 Å². The number of hydrogen-bond donors (Lipinski definition) is 2. The number of alkyl halides is 2. The molecule has 0 unspecified atom stereocenters. The number of benzene rings is 2. The van der Waals surface area contributed by atoms with Gasteiger partial charge in [0.1, 0.15) is 6.29 Å². The molecular weight excluding hydrogens is 464 g/mol. The summed E-state index contributed by atoms with van der Waals surface area (Å²) < 4.78 is 38.4. The summed E-state index contributed by atoms with van der Waals surface area (Å²) in [7, 11) is 1.34. The van der Waals surface area contributed by atoms with Crippen LogP contribution in [-0.4, -0.2) is 42.8 Å². The molecule has 3 N–H and O–H groups in total. The second kappa shape index (κ2) is 15.3. The number of nitrogen functional groups attached to an aromatic ring is 1. The number of H-pyrrole nitrogens is 1. The summed E-state index contributed by atoms with van der Waals surface area (Å²) in [4.78, 5) is 31.1. The summed E-state index contributed by atoms with van der Waals surface area (Å²) in [6, 6.07) is 13.9. The van der Waals surface area contributed by atoms with Gasteiger partial charge < -0.3 is 19.9 Å². The van der Waals surface area contributed by atoms with Crippen LogP contribution in [0.25, 0.3) is 11.3 Å². The highest BCUT2D eigenvalue weighted by molar-refractivity contribution is 5.89. The molecule has 1 heterocycles. The lowest BCUT2D eigenvalue weighted by Gasteiger charge is -2.10. The van der Waals surface area contributed by atoms with Crippen LogP contribution in [-0.2, 0) is 9.53 Å². The van der Waals surface area contributed by atoms with E-state index >= 15 is 0 Å². The largest absolute Gasteiger partial charge is 0.493 e. The van der Waals surface area contributed by atoms with Crippen molar-refractivity contribution in [1.29, 1.82) is 0 Å². The minimum Gasteiger partial charge on any atom is -0.493 e. The third-order valence-corrected chi connectivity index (χ3v) is 3.87. The molecule has 0 spiro atoms. The van der Waals surface area contributed by atoms with Crippen molar-refractivity contribution in [2.75, 3.05) is 19.5 Å². The number of anilines is 1. The number of ether oxygens (including phenoxy) is 3. The van der Waals surface area contributed by atoms with Gasteiger partial charge in [0.25, 0.3) is 5.56 Å². The van der Waals surface area contributed by atoms with Crippen molar-refractivity contribution in [3.8, 4) is 22.8 Å². The van der Waals surface area contributed by atoms with Crippen molar-refractivity contribution in [1.82, 2.24) is 10.2 Å². The van der Waals surface area contributed by atoms with Gasteiger partial charge in [-0.3, -0.25) is 9.59 Å². The van der Waals surface area contributed by atoms with Gasteiger partial charge in [0.2, 0.25) is 0 Å². The molecule has 0 saturated heterocycles. The number of nitrogens with two attached hydrogens (primary N) is 1. The Hall–Kier alpha value is -4.54. The molecule has 3 aromatic rings. The normalized spacial score (nSPS) is 9.51. The van der Waals surface area contributed by atoms with Gasteiger partial charge in [-0.05, 0) is 61.5 Å². The minimum atomic E-state index is -2.93. The van der Waals surface area contributed by atoms with E-state index in [0.29, 0.717) is 35.4 Å². The van der Waals surface area contributed by atoms with Crippen LogP contribution in [0.5, 0.6) is 11.5 Å². The van der Waals surface area contributed by atoms with Crippen LogP contribution >= 0.6 is 0 Å². The lowest BCUT2D eigenvalue weighted by molar-refractivity contribution is -0.104. The van der Waals surface area contributed by atoms with Crippen molar-refractivity contribution in [3.63, 3.8) is 0 Å². The summed E-state index contributed by atoms with van der Waals surface area (Å²) in [5.41, 5.74) is 7.39. The van der Waals surface area contributed by atoms with E-state index in [1.54, 1.807) is 37.3 Å². The number of hydrogen-bond acceptors (Lipinski definition) is 8. The van der Waals surface area contributed by atoms with E-state index in [1.165, 1.54) is 37.5 Å². The van der Waals surface area contributed by atoms with Gasteiger partial charge in [-0.1, -0.05) is 6.58 Å². The molecular formula is C24H25F2N3O6. The third kappa shape index (κ3) is 10.3. The summed E-state index contributed by atoms with van der Waals surface area (Å²) in [5.74, 6) is -0.214. The second-order valence-corrected chi connectivity index (χ2v) is 6.26. The van der Waals surface area contributed by atoms with Gasteiger partial charge in [-0.2, -0.15) is 13.9 Å². The van der Waals surface area contributed by atoms with Gasteiger partial charge in [0.15, 0.2) is 11.5 Å². The van der Waals surface area contributed by atoms with Crippen molar-refractivity contribution in [2.24, 2.45) is 0 Å². The monoisotopic (exact) mass is 489 g/mol. The SMILES string of the molecule is C=CC=O.CCOC(=O)c1ccc(N)cc1.COc1cc(-c2ccc(=O)[nH]n2)ccc1OC(F)F. The van der Waals surface area contributed by atoms with Gasteiger partial charge in [-0.25, -0.2) is 9.89 Å². The maximum absolute atomic E-state index is 12.2. The number of aldehydes is 1. The van der Waals surface area contributed by atoms with Gasteiger partial charge in [0.05, 0.1) is 25.0 Å². The van der Waals surface area contributed by atoms with E-state index in [9.17, 15) is 18.4 Å². The fraction of sp³-hybridized carbons (Fsp3) is 0.167. The molecule has 3 rings (SSSR count). The molecule has 1 aromatic heterocycles. The number of methoxy groups -OCH3 is 1. The standard InChI is InChI=1S/C12H10F2N2O3.C9H11NO2.C3H4O/c1-18-10-6-7(2-4-9(10)19-12(13)14)8-3-5-11(17)16-15-8;1-2-12-9(11)7-3-5-8(10)6-4-7;1-2-3-4/h2-6,12H,1H3,(H,16,17);3-6H,2,10H2,1H3;2-3H,1H2. The number of halogens is 2.